The molecule has 0 aliphatic carbocycles. The number of hydrogen-bond donors (Lipinski definition) is 2. The van der Waals surface area contributed by atoms with Crippen LogP contribution < -0.4 is 14.9 Å². The summed E-state index contributed by atoms with van der Waals surface area (Å²) in [5.74, 6) is 0.530. The summed E-state index contributed by atoms with van der Waals surface area (Å²) in [4.78, 5) is 12.3. The summed E-state index contributed by atoms with van der Waals surface area (Å²) in [6.45, 7) is 5.23. The van der Waals surface area contributed by atoms with Crippen LogP contribution in [0.25, 0.3) is 0 Å². The molecule has 0 bridgehead atoms. The maximum Gasteiger partial charge on any atom is 0.319 e. The van der Waals surface area contributed by atoms with Gasteiger partial charge in [0.25, 0.3) is 10.0 Å². The highest BCUT2D eigenvalue weighted by Gasteiger charge is 2.30. The second-order valence-electron chi connectivity index (χ2n) is 7.05. The first kappa shape index (κ1) is 19.2. The fourth-order valence-corrected chi connectivity index (χ4v) is 4.59. The van der Waals surface area contributed by atoms with Gasteiger partial charge in [0, 0.05) is 18.8 Å². The molecule has 0 atom stereocenters. The third-order valence-electron chi connectivity index (χ3n) is 4.53. The molecule has 0 saturated carbocycles. The molecule has 0 unspecified atom stereocenters. The molecule has 3 rings (SSSR count). The number of hydrogen-bond acceptors (Lipinski definition) is 3. The maximum atomic E-state index is 12.9. The van der Waals surface area contributed by atoms with Gasteiger partial charge in [-0.1, -0.05) is 32.0 Å². The van der Waals surface area contributed by atoms with E-state index in [9.17, 15) is 13.2 Å². The fourth-order valence-electron chi connectivity index (χ4n) is 3.07. The lowest BCUT2D eigenvalue weighted by Crippen LogP contribution is -2.30. The van der Waals surface area contributed by atoms with Crippen LogP contribution in [0.1, 0.15) is 25.8 Å². The molecule has 7 heteroatoms. The number of carbonyl (C=O) groups excluding carboxylic acids is 1. The number of nitrogens with zero attached hydrogens (tertiary/aromatic N) is 1. The van der Waals surface area contributed by atoms with Crippen molar-refractivity contribution in [3.8, 4) is 0 Å². The first-order valence-electron chi connectivity index (χ1n) is 9.13. The lowest BCUT2D eigenvalue weighted by Gasteiger charge is -2.19. The van der Waals surface area contributed by atoms with Crippen molar-refractivity contribution in [2.24, 2.45) is 5.92 Å². The quantitative estimate of drug-likeness (QED) is 0.795. The van der Waals surface area contributed by atoms with Crippen molar-refractivity contribution >= 4 is 27.4 Å². The largest absolute Gasteiger partial charge is 0.338 e. The van der Waals surface area contributed by atoms with E-state index >= 15 is 0 Å². The van der Waals surface area contributed by atoms with Gasteiger partial charge in [0.05, 0.1) is 10.6 Å². The highest BCUT2D eigenvalue weighted by molar-refractivity contribution is 7.92. The summed E-state index contributed by atoms with van der Waals surface area (Å²) < 4.78 is 27.2. The van der Waals surface area contributed by atoms with Gasteiger partial charge in [0.15, 0.2) is 0 Å². The molecular weight excluding hydrogens is 362 g/mol. The van der Waals surface area contributed by atoms with Gasteiger partial charge in [-0.05, 0) is 54.7 Å². The van der Waals surface area contributed by atoms with E-state index < -0.39 is 10.0 Å². The van der Waals surface area contributed by atoms with Crippen molar-refractivity contribution in [1.82, 2.24) is 5.32 Å². The molecule has 0 fully saturated rings. The van der Waals surface area contributed by atoms with Crippen LogP contribution in [0.4, 0.5) is 16.2 Å². The Morgan fingerprint density at radius 1 is 1.15 bits per heavy atom. The van der Waals surface area contributed by atoms with E-state index in [0.29, 0.717) is 36.8 Å². The first-order valence-corrected chi connectivity index (χ1v) is 10.6. The number of fused-ring (bicyclic) bond motifs is 1. The van der Waals surface area contributed by atoms with Gasteiger partial charge in [0.2, 0.25) is 0 Å². The summed E-state index contributed by atoms with van der Waals surface area (Å²) in [6.07, 6.45) is 1.54. The zero-order valence-electron chi connectivity index (χ0n) is 15.6. The molecule has 2 N–H and O–H groups in total. The molecule has 6 nitrogen and oxygen atoms in total. The monoisotopic (exact) mass is 387 g/mol. The Bertz CT molecular complexity index is 911. The smallest absolute Gasteiger partial charge is 0.319 e. The number of carbonyl (C=O) groups is 1. The van der Waals surface area contributed by atoms with E-state index in [1.807, 2.05) is 6.07 Å². The Morgan fingerprint density at radius 2 is 1.89 bits per heavy atom. The predicted molar refractivity (Wildman–Crippen MR) is 108 cm³/mol. The molecule has 1 heterocycles. The third-order valence-corrected chi connectivity index (χ3v) is 6.36. The third kappa shape index (κ3) is 4.42. The molecule has 0 spiro atoms. The highest BCUT2D eigenvalue weighted by Crippen LogP contribution is 2.34. The summed E-state index contributed by atoms with van der Waals surface area (Å²) in [5.41, 5.74) is 2.24. The van der Waals surface area contributed by atoms with E-state index in [-0.39, 0.29) is 10.9 Å². The first-order chi connectivity index (χ1) is 12.9. The second-order valence-corrected chi connectivity index (χ2v) is 8.91. The molecule has 2 aromatic rings. The topological polar surface area (TPSA) is 78.5 Å². The fraction of sp³-hybridized carbons (Fsp3) is 0.350. The standard InChI is InChI=1S/C20H25N3O3S/c1-15(2)10-12-21-20(24)22-17-8-9-19-16(14-17)11-13-23(19)27(25,26)18-6-4-3-5-7-18/h3-9,14-15H,10-13H2,1-2H3,(H2,21,22,24). The molecule has 1 aliphatic heterocycles. The van der Waals surface area contributed by atoms with Crippen molar-refractivity contribution in [2.45, 2.75) is 31.6 Å². The van der Waals surface area contributed by atoms with E-state index in [1.165, 1.54) is 4.31 Å². The van der Waals surface area contributed by atoms with Gasteiger partial charge in [-0.15, -0.1) is 0 Å². The van der Waals surface area contributed by atoms with Crippen molar-refractivity contribution in [2.75, 3.05) is 22.7 Å². The highest BCUT2D eigenvalue weighted by atomic mass is 32.2. The van der Waals surface area contributed by atoms with Crippen molar-refractivity contribution < 1.29 is 13.2 Å². The predicted octanol–water partition coefficient (Wildman–Crippen LogP) is 3.61. The zero-order chi connectivity index (χ0) is 19.4. The average molecular weight is 388 g/mol. The van der Waals surface area contributed by atoms with E-state index in [4.69, 9.17) is 0 Å². The van der Waals surface area contributed by atoms with Crippen LogP contribution in [0.2, 0.25) is 0 Å². The Morgan fingerprint density at radius 3 is 2.59 bits per heavy atom. The number of sulfonamides is 1. The molecule has 2 aromatic carbocycles. The normalized spacial score (nSPS) is 13.5. The SMILES string of the molecule is CC(C)CCNC(=O)Nc1ccc2c(c1)CCN2S(=O)(=O)c1ccccc1. The van der Waals surface area contributed by atoms with Gasteiger partial charge in [-0.25, -0.2) is 13.2 Å². The molecule has 0 aromatic heterocycles. The molecule has 144 valence electrons. The van der Waals surface area contributed by atoms with Crippen LogP contribution in [0, 0.1) is 5.92 Å². The van der Waals surface area contributed by atoms with Crippen molar-refractivity contribution in [3.05, 3.63) is 54.1 Å². The lowest BCUT2D eigenvalue weighted by molar-refractivity contribution is 0.251. The number of rotatable bonds is 6. The number of nitrogens with one attached hydrogen (secondary N) is 2. The Hall–Kier alpha value is -2.54. The van der Waals surface area contributed by atoms with Gasteiger partial charge in [-0.2, -0.15) is 0 Å². The molecule has 27 heavy (non-hydrogen) atoms. The van der Waals surface area contributed by atoms with Crippen LogP contribution >= 0.6 is 0 Å². The minimum Gasteiger partial charge on any atom is -0.338 e. The number of benzene rings is 2. The lowest BCUT2D eigenvalue weighted by atomic mass is 10.1. The zero-order valence-corrected chi connectivity index (χ0v) is 16.4. The molecule has 2 amide bonds. The van der Waals surface area contributed by atoms with Gasteiger partial charge in [0.1, 0.15) is 0 Å². The summed E-state index contributed by atoms with van der Waals surface area (Å²) >= 11 is 0. The number of amides is 2. The Balaban J connectivity index is 1.71. The Kier molecular flexibility index (Phi) is 5.70. The van der Waals surface area contributed by atoms with Gasteiger partial charge >= 0.3 is 6.03 Å². The van der Waals surface area contributed by atoms with Crippen LogP contribution in [-0.4, -0.2) is 27.5 Å². The summed E-state index contributed by atoms with van der Waals surface area (Å²) in [7, 11) is -3.57. The molecule has 1 aliphatic rings. The minimum atomic E-state index is -3.57. The summed E-state index contributed by atoms with van der Waals surface area (Å²) in [6, 6.07) is 13.5. The van der Waals surface area contributed by atoms with Crippen LogP contribution in [-0.2, 0) is 16.4 Å². The van der Waals surface area contributed by atoms with Crippen LogP contribution in [0.15, 0.2) is 53.4 Å². The molecule has 0 radical (unpaired) electrons. The summed E-state index contributed by atoms with van der Waals surface area (Å²) in [5, 5.41) is 5.64. The average Bonchev–Trinajstić information content (AvgIpc) is 3.06. The van der Waals surface area contributed by atoms with Crippen molar-refractivity contribution in [3.63, 3.8) is 0 Å². The van der Waals surface area contributed by atoms with E-state index in [2.05, 4.69) is 24.5 Å². The maximum absolute atomic E-state index is 12.9. The molecule has 0 saturated heterocycles. The number of anilines is 2. The van der Waals surface area contributed by atoms with E-state index in [0.717, 1.165) is 12.0 Å². The van der Waals surface area contributed by atoms with Gasteiger partial charge in [-0.3, -0.25) is 4.31 Å². The second kappa shape index (κ2) is 8.00. The Labute approximate surface area is 160 Å². The van der Waals surface area contributed by atoms with Gasteiger partial charge < -0.3 is 10.6 Å². The minimum absolute atomic E-state index is 0.248. The van der Waals surface area contributed by atoms with Crippen molar-refractivity contribution in [1.29, 1.82) is 0 Å². The number of urea groups is 1. The molecular formula is C20H25N3O3S. The van der Waals surface area contributed by atoms with E-state index in [1.54, 1.807) is 42.5 Å². The van der Waals surface area contributed by atoms with Crippen LogP contribution in [0.3, 0.4) is 0 Å². The van der Waals surface area contributed by atoms with Crippen LogP contribution in [0.5, 0.6) is 0 Å².